The van der Waals surface area contributed by atoms with Crippen LogP contribution in [0.5, 0.6) is 0 Å². The number of nitrogens with one attached hydrogen (secondary N) is 1. The minimum Gasteiger partial charge on any atom is -0.381 e. The maximum Gasteiger partial charge on any atom is 0.416 e. The van der Waals surface area contributed by atoms with Gasteiger partial charge in [0, 0.05) is 57.7 Å². The molecule has 0 spiro atoms. The van der Waals surface area contributed by atoms with Gasteiger partial charge in [-0.15, -0.1) is 0 Å². The first-order chi connectivity index (χ1) is 17.3. The smallest absolute Gasteiger partial charge is 0.381 e. The van der Waals surface area contributed by atoms with Crippen molar-refractivity contribution in [1.82, 2.24) is 15.2 Å². The predicted octanol–water partition coefficient (Wildman–Crippen LogP) is 3.34. The molecule has 3 unspecified atom stereocenters. The normalized spacial score (nSPS) is 33.8. The first-order valence-corrected chi connectivity index (χ1v) is 13.3. The average molecular weight is 511 g/mol. The highest BCUT2D eigenvalue weighted by Gasteiger charge is 2.53. The highest BCUT2D eigenvalue weighted by Crippen LogP contribution is 2.49. The number of piperazine rings is 1. The number of halogens is 3. The number of pyridine rings is 1. The van der Waals surface area contributed by atoms with Gasteiger partial charge in [-0.25, -0.2) is 4.98 Å². The Hall–Kier alpha value is -1.91. The quantitative estimate of drug-likeness (QED) is 0.656. The van der Waals surface area contributed by atoms with Crippen molar-refractivity contribution in [1.29, 1.82) is 0 Å². The molecular weight excluding hydrogens is 473 g/mol. The molecule has 0 radical (unpaired) electrons. The van der Waals surface area contributed by atoms with E-state index in [0.29, 0.717) is 63.2 Å². The average Bonchev–Trinajstić information content (AvgIpc) is 3.56. The van der Waals surface area contributed by atoms with Gasteiger partial charge in [0.15, 0.2) is 0 Å². The van der Waals surface area contributed by atoms with Gasteiger partial charge < -0.3 is 24.6 Å². The Balaban J connectivity index is 1.25. The van der Waals surface area contributed by atoms with Gasteiger partial charge in [-0.1, -0.05) is 6.92 Å². The van der Waals surface area contributed by atoms with Gasteiger partial charge in [0.25, 0.3) is 0 Å². The Labute approximate surface area is 210 Å². The fourth-order valence-corrected chi connectivity index (χ4v) is 6.58. The molecule has 4 aliphatic rings. The number of alkyl halides is 3. The Morgan fingerprint density at radius 3 is 2.56 bits per heavy atom. The maximum absolute atomic E-state index is 14.1. The van der Waals surface area contributed by atoms with Crippen LogP contribution < -0.4 is 10.2 Å². The van der Waals surface area contributed by atoms with Crippen LogP contribution in [-0.4, -0.2) is 80.5 Å². The second-order valence-electron chi connectivity index (χ2n) is 11.0. The number of aromatic nitrogens is 1. The van der Waals surface area contributed by atoms with E-state index in [1.165, 1.54) is 6.20 Å². The Morgan fingerprint density at radius 2 is 1.86 bits per heavy atom. The largest absolute Gasteiger partial charge is 0.416 e. The lowest BCUT2D eigenvalue weighted by Crippen LogP contribution is -2.55. The van der Waals surface area contributed by atoms with Gasteiger partial charge in [-0.2, -0.15) is 13.2 Å². The molecule has 10 heteroatoms. The van der Waals surface area contributed by atoms with Gasteiger partial charge in [-0.3, -0.25) is 4.79 Å². The van der Waals surface area contributed by atoms with Crippen molar-refractivity contribution in [3.05, 3.63) is 23.9 Å². The number of carbonyl (C=O) groups excluding carboxylic acids is 1. The van der Waals surface area contributed by atoms with Crippen LogP contribution in [0.15, 0.2) is 18.3 Å². The molecule has 1 N–H and O–H groups in total. The molecule has 1 aliphatic carbocycles. The molecular formula is C26H37F3N4O3. The summed E-state index contributed by atoms with van der Waals surface area (Å²) in [4.78, 5) is 22.0. The zero-order chi connectivity index (χ0) is 25.3. The summed E-state index contributed by atoms with van der Waals surface area (Å²) >= 11 is 0. The van der Waals surface area contributed by atoms with E-state index in [9.17, 15) is 18.0 Å². The van der Waals surface area contributed by atoms with Crippen LogP contribution >= 0.6 is 0 Å². The number of ether oxygens (including phenoxy) is 2. The lowest BCUT2D eigenvalue weighted by molar-refractivity contribution is -0.146. The van der Waals surface area contributed by atoms with E-state index in [-0.39, 0.29) is 11.8 Å². The van der Waals surface area contributed by atoms with Crippen molar-refractivity contribution >= 4 is 11.7 Å². The third kappa shape index (κ3) is 5.22. The standard InChI is InChI=1S/C26H37F3N4O3/c1-18-16-35-13-5-22(18)31-21-2-6-25(15-21,20-4-12-36-17-20)24(34)33-10-8-32(9-11-33)23-14-19(3-7-30-23)26(27,28)29/h3,7,14,18,20-22,31H,2,4-6,8-13,15-17H2,1H3/t18?,20?,21-,22?,25+/m1/s1. The second-order valence-corrected chi connectivity index (χ2v) is 11.0. The summed E-state index contributed by atoms with van der Waals surface area (Å²) in [6.07, 6.45) is 1.34. The molecule has 5 rings (SSSR count). The number of amides is 1. The molecule has 4 fully saturated rings. The molecule has 1 aromatic heterocycles. The third-order valence-corrected chi connectivity index (χ3v) is 8.74. The summed E-state index contributed by atoms with van der Waals surface area (Å²) in [7, 11) is 0. The van der Waals surface area contributed by atoms with Gasteiger partial charge in [0.1, 0.15) is 5.82 Å². The predicted molar refractivity (Wildman–Crippen MR) is 129 cm³/mol. The number of nitrogens with zero attached hydrogens (tertiary/aromatic N) is 3. The van der Waals surface area contributed by atoms with Crippen LogP contribution in [0.3, 0.4) is 0 Å². The Morgan fingerprint density at radius 1 is 1.11 bits per heavy atom. The van der Waals surface area contributed by atoms with E-state index in [1.807, 2.05) is 9.80 Å². The highest BCUT2D eigenvalue weighted by atomic mass is 19.4. The van der Waals surface area contributed by atoms with Crippen LogP contribution in [0.25, 0.3) is 0 Å². The van der Waals surface area contributed by atoms with E-state index < -0.39 is 17.2 Å². The van der Waals surface area contributed by atoms with Crippen LogP contribution in [0.2, 0.25) is 0 Å². The number of hydrogen-bond donors (Lipinski definition) is 1. The van der Waals surface area contributed by atoms with Crippen molar-refractivity contribution in [3.63, 3.8) is 0 Å². The molecule has 3 aliphatic heterocycles. The van der Waals surface area contributed by atoms with Crippen LogP contribution in [0.1, 0.15) is 44.6 Å². The summed E-state index contributed by atoms with van der Waals surface area (Å²) in [5, 5.41) is 3.85. The topological polar surface area (TPSA) is 66.9 Å². The van der Waals surface area contributed by atoms with Gasteiger partial charge in [-0.05, 0) is 56.1 Å². The molecule has 0 bridgehead atoms. The number of hydrogen-bond acceptors (Lipinski definition) is 6. The molecule has 36 heavy (non-hydrogen) atoms. The van der Waals surface area contributed by atoms with E-state index in [1.54, 1.807) is 0 Å². The fraction of sp³-hybridized carbons (Fsp3) is 0.769. The molecule has 0 aromatic carbocycles. The highest BCUT2D eigenvalue weighted by molar-refractivity contribution is 5.84. The van der Waals surface area contributed by atoms with Crippen molar-refractivity contribution in [3.8, 4) is 0 Å². The van der Waals surface area contributed by atoms with Gasteiger partial charge >= 0.3 is 6.18 Å². The van der Waals surface area contributed by atoms with Crippen LogP contribution in [-0.2, 0) is 20.4 Å². The summed E-state index contributed by atoms with van der Waals surface area (Å²) in [6, 6.07) is 2.80. The minimum atomic E-state index is -4.40. The zero-order valence-corrected chi connectivity index (χ0v) is 20.9. The maximum atomic E-state index is 14.1. The molecule has 4 heterocycles. The number of carbonyl (C=O) groups is 1. The van der Waals surface area contributed by atoms with Crippen molar-refractivity contribution in [2.45, 2.75) is 57.3 Å². The van der Waals surface area contributed by atoms with E-state index >= 15 is 0 Å². The van der Waals surface area contributed by atoms with Gasteiger partial charge in [0.2, 0.25) is 5.91 Å². The first kappa shape index (κ1) is 25.7. The Bertz CT molecular complexity index is 918. The van der Waals surface area contributed by atoms with E-state index in [2.05, 4.69) is 17.2 Å². The molecule has 5 atom stereocenters. The minimum absolute atomic E-state index is 0.193. The van der Waals surface area contributed by atoms with Gasteiger partial charge in [0.05, 0.1) is 24.2 Å². The van der Waals surface area contributed by atoms with E-state index in [0.717, 1.165) is 57.5 Å². The molecule has 3 saturated heterocycles. The molecule has 1 saturated carbocycles. The lowest BCUT2D eigenvalue weighted by atomic mass is 9.71. The van der Waals surface area contributed by atoms with Crippen molar-refractivity contribution in [2.75, 3.05) is 57.5 Å². The summed E-state index contributed by atoms with van der Waals surface area (Å²) in [5.74, 6) is 1.18. The SMILES string of the molecule is CC1COCCC1N[C@@H]1CC[C@@](C(=O)N2CCN(c3cc(C(F)(F)F)ccn3)CC2)(C2CCOC2)C1. The molecule has 1 amide bonds. The molecule has 7 nitrogen and oxygen atoms in total. The summed E-state index contributed by atoms with van der Waals surface area (Å²) < 4.78 is 50.8. The van der Waals surface area contributed by atoms with Crippen molar-refractivity contribution in [2.24, 2.45) is 17.3 Å². The summed E-state index contributed by atoms with van der Waals surface area (Å²) in [6.45, 7) is 7.01. The first-order valence-electron chi connectivity index (χ1n) is 13.3. The fourth-order valence-electron chi connectivity index (χ4n) is 6.58. The molecule has 200 valence electrons. The second kappa shape index (κ2) is 10.5. The van der Waals surface area contributed by atoms with Crippen molar-refractivity contribution < 1.29 is 27.4 Å². The van der Waals surface area contributed by atoms with Crippen LogP contribution in [0.4, 0.5) is 19.0 Å². The summed E-state index contributed by atoms with van der Waals surface area (Å²) in [5.41, 5.74) is -1.13. The van der Waals surface area contributed by atoms with E-state index in [4.69, 9.17) is 9.47 Å². The zero-order valence-electron chi connectivity index (χ0n) is 20.9. The van der Waals surface area contributed by atoms with Crippen LogP contribution in [0, 0.1) is 17.3 Å². The monoisotopic (exact) mass is 510 g/mol. The Kier molecular flexibility index (Phi) is 7.47. The number of rotatable bonds is 5. The third-order valence-electron chi connectivity index (χ3n) is 8.74. The number of anilines is 1. The lowest BCUT2D eigenvalue weighted by Gasteiger charge is -2.42. The molecule has 1 aromatic rings.